The largest absolute Gasteiger partial charge is 0.480 e. The highest BCUT2D eigenvalue weighted by atomic mass is 16.5. The average molecular weight is 243 g/mol. The van der Waals surface area contributed by atoms with E-state index < -0.39 is 11.4 Å². The van der Waals surface area contributed by atoms with Crippen LogP contribution in [-0.4, -0.2) is 48.2 Å². The molecule has 1 fully saturated rings. The van der Waals surface area contributed by atoms with Gasteiger partial charge in [-0.2, -0.15) is 0 Å². The van der Waals surface area contributed by atoms with Gasteiger partial charge in [0.05, 0.1) is 12.0 Å². The fourth-order valence-electron chi connectivity index (χ4n) is 2.17. The number of carboxylic acids is 1. The van der Waals surface area contributed by atoms with Gasteiger partial charge in [0.25, 0.3) is 0 Å². The first-order valence-corrected chi connectivity index (χ1v) is 6.08. The third kappa shape index (κ3) is 3.70. The maximum absolute atomic E-state index is 12.3. The van der Waals surface area contributed by atoms with Crippen LogP contribution in [0.5, 0.6) is 0 Å². The molecule has 0 aromatic carbocycles. The highest BCUT2D eigenvalue weighted by Gasteiger charge is 2.38. The normalized spacial score (nSPS) is 24.4. The molecule has 0 aromatic heterocycles. The molecule has 5 nitrogen and oxygen atoms in total. The Kier molecular flexibility index (Phi) is 4.93. The molecule has 0 aromatic rings. The van der Waals surface area contributed by atoms with Gasteiger partial charge in [-0.1, -0.05) is 6.92 Å². The molecule has 98 valence electrons. The van der Waals surface area contributed by atoms with Crippen molar-refractivity contribution in [3.63, 3.8) is 0 Å². The smallest absolute Gasteiger partial charge is 0.323 e. The molecule has 1 rings (SSSR count). The molecule has 1 amide bonds. The first-order valence-electron chi connectivity index (χ1n) is 6.08. The van der Waals surface area contributed by atoms with Crippen molar-refractivity contribution in [3.8, 4) is 0 Å². The zero-order chi connectivity index (χ0) is 12.9. The zero-order valence-corrected chi connectivity index (χ0v) is 10.6. The number of carbonyl (C=O) groups is 2. The van der Waals surface area contributed by atoms with Crippen molar-refractivity contribution in [2.45, 2.75) is 33.1 Å². The van der Waals surface area contributed by atoms with Crippen LogP contribution in [0.25, 0.3) is 0 Å². The van der Waals surface area contributed by atoms with Gasteiger partial charge in [0.15, 0.2) is 0 Å². The molecular formula is C12H21NO4. The quantitative estimate of drug-likeness (QED) is 0.786. The first-order chi connectivity index (χ1) is 7.99. The number of ether oxygens (including phenoxy) is 1. The zero-order valence-electron chi connectivity index (χ0n) is 10.6. The van der Waals surface area contributed by atoms with Crippen LogP contribution in [-0.2, 0) is 14.3 Å². The lowest BCUT2D eigenvalue weighted by molar-refractivity contribution is -0.154. The molecule has 1 unspecified atom stereocenters. The molecule has 0 bridgehead atoms. The maximum Gasteiger partial charge on any atom is 0.323 e. The van der Waals surface area contributed by atoms with E-state index in [0.29, 0.717) is 19.8 Å². The van der Waals surface area contributed by atoms with Crippen LogP contribution in [0.1, 0.15) is 33.1 Å². The predicted octanol–water partition coefficient (Wildman–Crippen LogP) is 1.13. The molecule has 17 heavy (non-hydrogen) atoms. The van der Waals surface area contributed by atoms with Gasteiger partial charge in [0.2, 0.25) is 5.91 Å². The minimum atomic E-state index is -0.966. The lowest BCUT2D eigenvalue weighted by Gasteiger charge is -2.36. The fourth-order valence-corrected chi connectivity index (χ4v) is 2.17. The number of carboxylic acid groups (broad SMARTS) is 1. The Morgan fingerprint density at radius 2 is 2.18 bits per heavy atom. The summed E-state index contributed by atoms with van der Waals surface area (Å²) < 4.78 is 5.34. The van der Waals surface area contributed by atoms with Gasteiger partial charge in [-0.25, -0.2) is 0 Å². The summed E-state index contributed by atoms with van der Waals surface area (Å²) in [6.07, 6.45) is 2.39. The Morgan fingerprint density at radius 3 is 2.65 bits per heavy atom. The van der Waals surface area contributed by atoms with Crippen molar-refractivity contribution in [1.82, 2.24) is 4.90 Å². The highest BCUT2D eigenvalue weighted by molar-refractivity contribution is 5.85. The molecule has 1 aliphatic rings. The molecule has 1 N–H and O–H groups in total. The van der Waals surface area contributed by atoms with E-state index in [9.17, 15) is 9.59 Å². The summed E-state index contributed by atoms with van der Waals surface area (Å²) in [5.74, 6) is -1.06. The lowest BCUT2D eigenvalue weighted by Crippen LogP contribution is -2.48. The second-order valence-corrected chi connectivity index (χ2v) is 4.84. The Balaban J connectivity index is 2.71. The summed E-state index contributed by atoms with van der Waals surface area (Å²) >= 11 is 0. The molecular weight excluding hydrogens is 222 g/mol. The number of rotatable bonds is 5. The fraction of sp³-hybridized carbons (Fsp3) is 0.833. The van der Waals surface area contributed by atoms with Crippen LogP contribution in [0.15, 0.2) is 0 Å². The maximum atomic E-state index is 12.3. The third-order valence-electron chi connectivity index (χ3n) is 3.06. The van der Waals surface area contributed by atoms with Crippen molar-refractivity contribution < 1.29 is 19.4 Å². The van der Waals surface area contributed by atoms with Crippen LogP contribution in [0, 0.1) is 5.41 Å². The van der Waals surface area contributed by atoms with Crippen molar-refractivity contribution >= 4 is 11.9 Å². The predicted molar refractivity (Wildman–Crippen MR) is 62.7 cm³/mol. The van der Waals surface area contributed by atoms with Crippen molar-refractivity contribution in [2.75, 3.05) is 26.3 Å². The monoisotopic (exact) mass is 243 g/mol. The van der Waals surface area contributed by atoms with Crippen molar-refractivity contribution in [1.29, 1.82) is 0 Å². The van der Waals surface area contributed by atoms with E-state index in [0.717, 1.165) is 19.3 Å². The summed E-state index contributed by atoms with van der Waals surface area (Å²) in [4.78, 5) is 24.5. The molecule has 0 spiro atoms. The van der Waals surface area contributed by atoms with E-state index in [-0.39, 0.29) is 12.5 Å². The van der Waals surface area contributed by atoms with Gasteiger partial charge in [0, 0.05) is 13.2 Å². The summed E-state index contributed by atoms with van der Waals surface area (Å²) in [5, 5.41) is 8.82. The van der Waals surface area contributed by atoms with Gasteiger partial charge in [-0.05, 0) is 26.2 Å². The Morgan fingerprint density at radius 1 is 1.47 bits per heavy atom. The summed E-state index contributed by atoms with van der Waals surface area (Å²) in [6.45, 7) is 5.14. The molecule has 0 saturated carbocycles. The molecule has 1 saturated heterocycles. The minimum absolute atomic E-state index is 0.0959. The van der Waals surface area contributed by atoms with E-state index in [1.54, 1.807) is 0 Å². The van der Waals surface area contributed by atoms with Crippen LogP contribution in [0.3, 0.4) is 0 Å². The molecule has 5 heteroatoms. The van der Waals surface area contributed by atoms with E-state index in [1.807, 2.05) is 13.8 Å². The highest BCUT2D eigenvalue weighted by Crippen LogP contribution is 2.30. The van der Waals surface area contributed by atoms with Crippen LogP contribution >= 0.6 is 0 Å². The Bertz CT molecular complexity index is 284. The molecule has 0 radical (unpaired) electrons. The molecule has 0 aliphatic carbocycles. The van der Waals surface area contributed by atoms with Gasteiger partial charge in [-0.3, -0.25) is 9.59 Å². The van der Waals surface area contributed by atoms with Gasteiger partial charge in [-0.15, -0.1) is 0 Å². The second-order valence-electron chi connectivity index (χ2n) is 4.84. The topological polar surface area (TPSA) is 66.8 Å². The molecule has 1 atom stereocenters. The van der Waals surface area contributed by atoms with Crippen LogP contribution < -0.4 is 0 Å². The van der Waals surface area contributed by atoms with Gasteiger partial charge in [0.1, 0.15) is 6.54 Å². The van der Waals surface area contributed by atoms with E-state index in [1.165, 1.54) is 4.90 Å². The standard InChI is InChI=1S/C12H21NO4/c1-3-6-13(8-10(14)15)11(16)12(2)5-4-7-17-9-12/h3-9H2,1-2H3,(H,14,15). The SMILES string of the molecule is CCCN(CC(=O)O)C(=O)C1(C)CCCOC1. The van der Waals surface area contributed by atoms with Gasteiger partial charge >= 0.3 is 5.97 Å². The number of hydrogen-bond donors (Lipinski definition) is 1. The number of hydrogen-bond acceptors (Lipinski definition) is 3. The average Bonchev–Trinajstić information content (AvgIpc) is 2.28. The number of nitrogens with zero attached hydrogens (tertiary/aromatic N) is 1. The van der Waals surface area contributed by atoms with Crippen molar-refractivity contribution in [3.05, 3.63) is 0 Å². The van der Waals surface area contributed by atoms with Crippen LogP contribution in [0.2, 0.25) is 0 Å². The van der Waals surface area contributed by atoms with Crippen molar-refractivity contribution in [2.24, 2.45) is 5.41 Å². The van der Waals surface area contributed by atoms with E-state index >= 15 is 0 Å². The lowest BCUT2D eigenvalue weighted by atomic mass is 9.83. The summed E-state index contributed by atoms with van der Waals surface area (Å²) in [5.41, 5.74) is -0.553. The first kappa shape index (κ1) is 14.0. The summed E-state index contributed by atoms with van der Waals surface area (Å²) in [7, 11) is 0. The Hall–Kier alpha value is -1.10. The number of aliphatic carboxylic acids is 1. The van der Waals surface area contributed by atoms with E-state index in [2.05, 4.69) is 0 Å². The van der Waals surface area contributed by atoms with Crippen LogP contribution in [0.4, 0.5) is 0 Å². The molecule has 1 aliphatic heterocycles. The summed E-state index contributed by atoms with van der Waals surface area (Å²) in [6, 6.07) is 0. The number of carbonyl (C=O) groups excluding carboxylic acids is 1. The third-order valence-corrected chi connectivity index (χ3v) is 3.06. The number of amides is 1. The Labute approximate surface area is 102 Å². The second kappa shape index (κ2) is 6.00. The van der Waals surface area contributed by atoms with E-state index in [4.69, 9.17) is 9.84 Å². The minimum Gasteiger partial charge on any atom is -0.480 e. The molecule has 1 heterocycles. The van der Waals surface area contributed by atoms with Gasteiger partial charge < -0.3 is 14.7 Å².